The van der Waals surface area contributed by atoms with Gasteiger partial charge in [-0.3, -0.25) is 4.79 Å². The van der Waals surface area contributed by atoms with Crippen molar-refractivity contribution in [1.29, 1.82) is 0 Å². The molecule has 10 heavy (non-hydrogen) atoms. The Bertz CT molecular complexity index is 89.7. The number of carbonyl (C=O) groups excluding carboxylic acids is 1. The van der Waals surface area contributed by atoms with Crippen LogP contribution >= 0.6 is 0 Å². The fourth-order valence-corrected chi connectivity index (χ4v) is 0.553. The van der Waals surface area contributed by atoms with Gasteiger partial charge < -0.3 is 15.3 Å². The largest absolute Gasteiger partial charge is 0.396 e. The van der Waals surface area contributed by atoms with E-state index < -0.39 is 12.0 Å². The van der Waals surface area contributed by atoms with Crippen LogP contribution in [-0.2, 0) is 4.79 Å². The van der Waals surface area contributed by atoms with Crippen LogP contribution in [0.1, 0.15) is 6.42 Å². The van der Waals surface area contributed by atoms with Gasteiger partial charge in [0.1, 0.15) is 0 Å². The molecule has 0 aliphatic carbocycles. The number of hydrogen-bond donors (Lipinski definition) is 3. The molecule has 0 amide bonds. The zero-order valence-electron chi connectivity index (χ0n) is 5.53. The lowest BCUT2D eigenvalue weighted by molar-refractivity contribution is 0.0361. The first-order valence-electron chi connectivity index (χ1n) is 3.01. The van der Waals surface area contributed by atoms with Gasteiger partial charge in [-0.1, -0.05) is 0 Å². The topological polar surface area (TPSA) is 77.8 Å². The quantitative estimate of drug-likeness (QED) is 0.440. The molecule has 59 valence electrons. The predicted molar refractivity (Wildman–Crippen MR) is 34.0 cm³/mol. The lowest BCUT2D eigenvalue weighted by atomic mass is 10.0. The predicted octanol–water partition coefficient (Wildman–Crippen LogP) is -1.55. The highest BCUT2D eigenvalue weighted by Gasteiger charge is 2.16. The molecule has 0 rings (SSSR count). The third kappa shape index (κ3) is 2.91. The zero-order chi connectivity index (χ0) is 7.98. The first-order valence-corrected chi connectivity index (χ1v) is 3.01. The van der Waals surface area contributed by atoms with Crippen LogP contribution in [0.15, 0.2) is 0 Å². The Kier molecular flexibility index (Phi) is 5.10. The molecule has 0 spiro atoms. The second-order valence-corrected chi connectivity index (χ2v) is 2.04. The summed E-state index contributed by atoms with van der Waals surface area (Å²) in [5.74, 6) is -0.624. The van der Waals surface area contributed by atoms with Gasteiger partial charge in [-0.05, 0) is 0 Å². The minimum Gasteiger partial charge on any atom is -0.396 e. The van der Waals surface area contributed by atoms with E-state index in [1.54, 1.807) is 0 Å². The van der Waals surface area contributed by atoms with Gasteiger partial charge in [0.15, 0.2) is 0 Å². The number of hydrogen-bond acceptors (Lipinski definition) is 4. The fourth-order valence-electron chi connectivity index (χ4n) is 0.553. The van der Waals surface area contributed by atoms with Crippen LogP contribution in [0.3, 0.4) is 0 Å². The van der Waals surface area contributed by atoms with E-state index in [4.69, 9.17) is 15.3 Å². The SMILES string of the molecule is O=[C]CC(O)C(CO)CO. The van der Waals surface area contributed by atoms with Crippen molar-refractivity contribution in [3.63, 3.8) is 0 Å². The van der Waals surface area contributed by atoms with Crippen molar-refractivity contribution in [3.05, 3.63) is 0 Å². The van der Waals surface area contributed by atoms with Gasteiger partial charge in [0.05, 0.1) is 19.3 Å². The molecule has 0 heterocycles. The Hall–Kier alpha value is -0.450. The van der Waals surface area contributed by atoms with Crippen molar-refractivity contribution in [2.45, 2.75) is 12.5 Å². The maximum absolute atomic E-state index is 9.70. The summed E-state index contributed by atoms with van der Waals surface area (Å²) in [6, 6.07) is 0. The summed E-state index contributed by atoms with van der Waals surface area (Å²) in [6.45, 7) is -0.640. The van der Waals surface area contributed by atoms with Gasteiger partial charge >= 0.3 is 0 Å². The molecule has 0 saturated heterocycles. The molecule has 0 aromatic carbocycles. The molecule has 0 bridgehead atoms. The van der Waals surface area contributed by atoms with Gasteiger partial charge in [-0.2, -0.15) is 0 Å². The third-order valence-electron chi connectivity index (χ3n) is 1.31. The Morgan fingerprint density at radius 1 is 1.30 bits per heavy atom. The molecule has 0 saturated carbocycles. The van der Waals surface area contributed by atoms with E-state index in [2.05, 4.69) is 0 Å². The lowest BCUT2D eigenvalue weighted by Crippen LogP contribution is -2.27. The van der Waals surface area contributed by atoms with Crippen molar-refractivity contribution in [3.8, 4) is 0 Å². The Balaban J connectivity index is 3.63. The highest BCUT2D eigenvalue weighted by molar-refractivity contribution is 5.51. The summed E-state index contributed by atoms with van der Waals surface area (Å²) < 4.78 is 0. The molecule has 4 nitrogen and oxygen atoms in total. The highest BCUT2D eigenvalue weighted by Crippen LogP contribution is 2.03. The van der Waals surface area contributed by atoms with E-state index >= 15 is 0 Å². The molecular formula is C6H11O4. The van der Waals surface area contributed by atoms with Gasteiger partial charge in [0.2, 0.25) is 6.29 Å². The molecule has 0 fully saturated rings. The maximum Gasteiger partial charge on any atom is 0.201 e. The van der Waals surface area contributed by atoms with Crippen molar-refractivity contribution < 1.29 is 20.1 Å². The minimum atomic E-state index is -0.979. The first-order chi connectivity index (χ1) is 4.76. The summed E-state index contributed by atoms with van der Waals surface area (Å²) >= 11 is 0. The van der Waals surface area contributed by atoms with Gasteiger partial charge in [-0.15, -0.1) is 0 Å². The Morgan fingerprint density at radius 3 is 2.10 bits per heavy atom. The normalized spacial score (nSPS) is 13.6. The van der Waals surface area contributed by atoms with Gasteiger partial charge in [-0.25, -0.2) is 0 Å². The lowest BCUT2D eigenvalue weighted by Gasteiger charge is -2.14. The summed E-state index contributed by atoms with van der Waals surface area (Å²) in [7, 11) is 0. The molecule has 1 radical (unpaired) electrons. The molecule has 0 aromatic heterocycles. The minimum absolute atomic E-state index is 0.161. The first kappa shape index (κ1) is 9.55. The maximum atomic E-state index is 9.70. The molecule has 0 aromatic rings. The molecule has 3 N–H and O–H groups in total. The summed E-state index contributed by atoms with van der Waals surface area (Å²) in [6.07, 6.45) is 0.354. The second kappa shape index (κ2) is 5.34. The molecular weight excluding hydrogens is 136 g/mol. The smallest absolute Gasteiger partial charge is 0.201 e. The van der Waals surface area contributed by atoms with Crippen LogP contribution in [0.2, 0.25) is 0 Å². The Morgan fingerprint density at radius 2 is 1.80 bits per heavy atom. The van der Waals surface area contributed by atoms with E-state index in [9.17, 15) is 4.79 Å². The van der Waals surface area contributed by atoms with E-state index in [-0.39, 0.29) is 19.6 Å². The molecule has 0 aliphatic heterocycles. The summed E-state index contributed by atoms with van der Waals surface area (Å²) in [4.78, 5) is 9.70. The van der Waals surface area contributed by atoms with Crippen LogP contribution in [0.5, 0.6) is 0 Å². The molecule has 1 atom stereocenters. The standard InChI is InChI=1S/C6H11O4/c7-2-1-6(10)5(3-8)4-9/h5-6,8-10H,1,3-4H2. The van der Waals surface area contributed by atoms with Crippen molar-refractivity contribution in [1.82, 2.24) is 0 Å². The van der Waals surface area contributed by atoms with Crippen molar-refractivity contribution in [2.75, 3.05) is 13.2 Å². The number of aliphatic hydroxyl groups excluding tert-OH is 3. The van der Waals surface area contributed by atoms with Crippen LogP contribution < -0.4 is 0 Å². The van der Waals surface area contributed by atoms with E-state index in [1.807, 2.05) is 0 Å². The Labute approximate surface area is 59.1 Å². The fraction of sp³-hybridized carbons (Fsp3) is 0.833. The average Bonchev–Trinajstić information content (AvgIpc) is 1.91. The molecule has 0 aliphatic rings. The van der Waals surface area contributed by atoms with E-state index in [0.717, 1.165) is 0 Å². The summed E-state index contributed by atoms with van der Waals surface area (Å²) in [5.41, 5.74) is 0. The monoisotopic (exact) mass is 147 g/mol. The van der Waals surface area contributed by atoms with Crippen LogP contribution in [0.25, 0.3) is 0 Å². The van der Waals surface area contributed by atoms with Crippen LogP contribution in [0, 0.1) is 5.92 Å². The van der Waals surface area contributed by atoms with Gasteiger partial charge in [0, 0.05) is 12.3 Å². The van der Waals surface area contributed by atoms with Crippen LogP contribution in [-0.4, -0.2) is 40.9 Å². The summed E-state index contributed by atoms with van der Waals surface area (Å²) in [5, 5.41) is 25.9. The molecule has 4 heteroatoms. The van der Waals surface area contributed by atoms with Crippen molar-refractivity contribution >= 4 is 6.29 Å². The van der Waals surface area contributed by atoms with E-state index in [1.165, 1.54) is 6.29 Å². The zero-order valence-corrected chi connectivity index (χ0v) is 5.53. The third-order valence-corrected chi connectivity index (χ3v) is 1.31. The number of aliphatic hydroxyl groups is 3. The second-order valence-electron chi connectivity index (χ2n) is 2.04. The number of rotatable bonds is 5. The molecule has 1 unspecified atom stereocenters. The van der Waals surface area contributed by atoms with Crippen molar-refractivity contribution in [2.24, 2.45) is 5.92 Å². The van der Waals surface area contributed by atoms with Gasteiger partial charge in [0.25, 0.3) is 0 Å². The average molecular weight is 147 g/mol. The van der Waals surface area contributed by atoms with E-state index in [0.29, 0.717) is 0 Å². The highest BCUT2D eigenvalue weighted by atomic mass is 16.3. The van der Waals surface area contributed by atoms with Crippen LogP contribution in [0.4, 0.5) is 0 Å².